The molecule has 16 heavy (non-hydrogen) atoms. The fourth-order valence-corrected chi connectivity index (χ4v) is 1.35. The Balaban J connectivity index is 2.59. The van der Waals surface area contributed by atoms with Crippen LogP contribution in [0.5, 0.6) is 0 Å². The van der Waals surface area contributed by atoms with Gasteiger partial charge in [-0.15, -0.1) is 0 Å². The van der Waals surface area contributed by atoms with E-state index in [-0.39, 0.29) is 11.9 Å². The fourth-order valence-electron chi connectivity index (χ4n) is 1.35. The standard InChI is InChI=1S/C10H12N2O4/c1-11-9-7(12-10(9)14)4-6(15-2)5-8(13)16-3/h5,7,9H,4H2,2-3H3,(H,12,14)/b6-5-/t7-,9-/m1/s1. The Labute approximate surface area is 93.0 Å². The summed E-state index contributed by atoms with van der Waals surface area (Å²) in [4.78, 5) is 25.1. The Kier molecular flexibility index (Phi) is 3.89. The second kappa shape index (κ2) is 5.16. The molecule has 0 radical (unpaired) electrons. The number of carbonyl (C=O) groups excluding carboxylic acids is 2. The molecule has 0 unspecified atom stereocenters. The third-order valence-corrected chi connectivity index (χ3v) is 2.28. The van der Waals surface area contributed by atoms with Gasteiger partial charge in [0, 0.05) is 6.42 Å². The Bertz CT molecular complexity index is 370. The van der Waals surface area contributed by atoms with Crippen LogP contribution in [0.4, 0.5) is 0 Å². The minimum Gasteiger partial charge on any atom is -0.501 e. The van der Waals surface area contributed by atoms with Crippen molar-refractivity contribution in [2.75, 3.05) is 14.2 Å². The van der Waals surface area contributed by atoms with Gasteiger partial charge in [0.25, 0.3) is 0 Å². The third-order valence-electron chi connectivity index (χ3n) is 2.28. The van der Waals surface area contributed by atoms with Crippen molar-refractivity contribution in [2.45, 2.75) is 18.5 Å². The summed E-state index contributed by atoms with van der Waals surface area (Å²) >= 11 is 0. The van der Waals surface area contributed by atoms with Crippen molar-refractivity contribution >= 4 is 11.9 Å². The van der Waals surface area contributed by atoms with Gasteiger partial charge in [-0.3, -0.25) is 4.79 Å². The van der Waals surface area contributed by atoms with E-state index in [1.165, 1.54) is 20.3 Å². The van der Waals surface area contributed by atoms with Crippen molar-refractivity contribution in [3.63, 3.8) is 0 Å². The maximum atomic E-state index is 11.0. The first kappa shape index (κ1) is 12.0. The number of hydrogen-bond donors (Lipinski definition) is 1. The van der Waals surface area contributed by atoms with Crippen LogP contribution in [0.15, 0.2) is 11.8 Å². The van der Waals surface area contributed by atoms with E-state index in [4.69, 9.17) is 11.3 Å². The number of methoxy groups -OCH3 is 2. The van der Waals surface area contributed by atoms with Crippen LogP contribution in [0.3, 0.4) is 0 Å². The van der Waals surface area contributed by atoms with Gasteiger partial charge in [-0.2, -0.15) is 0 Å². The first-order valence-corrected chi connectivity index (χ1v) is 4.61. The quantitative estimate of drug-likeness (QED) is 0.237. The average molecular weight is 224 g/mol. The molecule has 0 spiro atoms. The van der Waals surface area contributed by atoms with Gasteiger partial charge in [0.2, 0.25) is 0 Å². The van der Waals surface area contributed by atoms with Crippen molar-refractivity contribution < 1.29 is 19.1 Å². The van der Waals surface area contributed by atoms with E-state index in [0.717, 1.165) is 0 Å². The Morgan fingerprint density at radius 3 is 2.69 bits per heavy atom. The Hall–Kier alpha value is -2.03. The molecular weight excluding hydrogens is 212 g/mol. The zero-order valence-electron chi connectivity index (χ0n) is 9.02. The zero-order chi connectivity index (χ0) is 12.1. The molecule has 0 aromatic heterocycles. The van der Waals surface area contributed by atoms with Crippen molar-refractivity contribution in [1.82, 2.24) is 5.32 Å². The molecule has 1 saturated heterocycles. The summed E-state index contributed by atoms with van der Waals surface area (Å²) in [7, 11) is 2.68. The second-order valence-corrected chi connectivity index (χ2v) is 3.23. The summed E-state index contributed by atoms with van der Waals surface area (Å²) in [5, 5.41) is 2.57. The highest BCUT2D eigenvalue weighted by atomic mass is 16.5. The molecule has 0 bridgehead atoms. The van der Waals surface area contributed by atoms with Crippen LogP contribution < -0.4 is 5.32 Å². The van der Waals surface area contributed by atoms with Gasteiger partial charge in [0.15, 0.2) is 0 Å². The lowest BCUT2D eigenvalue weighted by Crippen LogP contribution is -2.60. The molecule has 1 aliphatic rings. The van der Waals surface area contributed by atoms with Gasteiger partial charge in [-0.1, -0.05) is 0 Å². The van der Waals surface area contributed by atoms with E-state index in [1.54, 1.807) is 0 Å². The highest BCUT2D eigenvalue weighted by Crippen LogP contribution is 2.18. The van der Waals surface area contributed by atoms with E-state index in [9.17, 15) is 9.59 Å². The summed E-state index contributed by atoms with van der Waals surface area (Å²) in [6, 6.07) is -0.975. The number of nitrogens with one attached hydrogen (secondary N) is 1. The van der Waals surface area contributed by atoms with E-state index in [0.29, 0.717) is 12.2 Å². The predicted octanol–water partition coefficient (Wildman–Crippen LogP) is -0.134. The van der Waals surface area contributed by atoms with E-state index in [2.05, 4.69) is 14.9 Å². The maximum absolute atomic E-state index is 11.0. The molecule has 1 heterocycles. The molecule has 1 amide bonds. The molecule has 1 aliphatic heterocycles. The van der Waals surface area contributed by atoms with Gasteiger partial charge in [-0.25, -0.2) is 11.4 Å². The predicted molar refractivity (Wildman–Crippen MR) is 54.0 cm³/mol. The van der Waals surface area contributed by atoms with Crippen LogP contribution in [-0.4, -0.2) is 38.2 Å². The molecule has 86 valence electrons. The van der Waals surface area contributed by atoms with E-state index in [1.807, 2.05) is 0 Å². The van der Waals surface area contributed by atoms with Crippen molar-refractivity contribution in [3.05, 3.63) is 23.3 Å². The Morgan fingerprint density at radius 2 is 2.25 bits per heavy atom. The monoisotopic (exact) mass is 224 g/mol. The lowest BCUT2D eigenvalue weighted by atomic mass is 9.95. The number of amides is 1. The lowest BCUT2D eigenvalue weighted by molar-refractivity contribution is -0.135. The number of carbonyl (C=O) groups is 2. The van der Waals surface area contributed by atoms with Crippen molar-refractivity contribution in [2.24, 2.45) is 0 Å². The number of β-lactam (4-membered cyclic amide) rings is 1. The summed E-state index contributed by atoms with van der Waals surface area (Å²) in [5.74, 6) is -0.430. The van der Waals surface area contributed by atoms with Crippen LogP contribution in [0.2, 0.25) is 0 Å². The molecule has 6 nitrogen and oxygen atoms in total. The molecule has 1 N–H and O–H groups in total. The molecular formula is C10H12N2O4. The minimum atomic E-state index is -0.684. The average Bonchev–Trinajstić information content (AvgIpc) is 2.27. The lowest BCUT2D eigenvalue weighted by Gasteiger charge is -2.28. The molecule has 1 rings (SSSR count). The largest absolute Gasteiger partial charge is 0.501 e. The number of hydrogen-bond acceptors (Lipinski definition) is 4. The molecule has 1 fully saturated rings. The van der Waals surface area contributed by atoms with Crippen LogP contribution in [0.25, 0.3) is 4.85 Å². The molecule has 0 aromatic rings. The van der Waals surface area contributed by atoms with E-state index >= 15 is 0 Å². The molecule has 0 aromatic carbocycles. The van der Waals surface area contributed by atoms with Crippen LogP contribution in [0, 0.1) is 6.57 Å². The SMILES string of the molecule is [C-]#[N+][C@H]1C(=O)N[C@@H]1C/C(=C/C(=O)OC)OC. The molecule has 0 aliphatic carbocycles. The smallest absolute Gasteiger partial charge is 0.333 e. The van der Waals surface area contributed by atoms with Gasteiger partial charge >= 0.3 is 17.9 Å². The number of esters is 1. The first-order chi connectivity index (χ1) is 7.62. The first-order valence-electron chi connectivity index (χ1n) is 4.61. The highest BCUT2D eigenvalue weighted by Gasteiger charge is 2.45. The number of ether oxygens (including phenoxy) is 2. The van der Waals surface area contributed by atoms with Gasteiger partial charge in [-0.05, 0) is 0 Å². The van der Waals surface area contributed by atoms with E-state index < -0.39 is 12.0 Å². The highest BCUT2D eigenvalue weighted by molar-refractivity contribution is 5.91. The third kappa shape index (κ3) is 2.51. The normalized spacial score (nSPS) is 23.8. The van der Waals surface area contributed by atoms with Crippen molar-refractivity contribution in [1.29, 1.82) is 0 Å². The summed E-state index contributed by atoms with van der Waals surface area (Å²) in [6.07, 6.45) is 1.51. The van der Waals surface area contributed by atoms with Gasteiger partial charge in [0.05, 0.1) is 20.3 Å². The van der Waals surface area contributed by atoms with Gasteiger partial charge in [0.1, 0.15) is 11.8 Å². The number of rotatable bonds is 4. The molecule has 0 saturated carbocycles. The summed E-state index contributed by atoms with van der Waals surface area (Å²) in [5.41, 5.74) is 0. The Morgan fingerprint density at radius 1 is 1.56 bits per heavy atom. The topological polar surface area (TPSA) is 69.0 Å². The number of nitrogens with zero attached hydrogens (tertiary/aromatic N) is 1. The molecule has 6 heteroatoms. The van der Waals surface area contributed by atoms with Crippen LogP contribution in [-0.2, 0) is 19.1 Å². The van der Waals surface area contributed by atoms with Gasteiger partial charge < -0.3 is 19.6 Å². The second-order valence-electron chi connectivity index (χ2n) is 3.23. The maximum Gasteiger partial charge on any atom is 0.333 e. The minimum absolute atomic E-state index is 0.284. The molecule has 2 atom stereocenters. The van der Waals surface area contributed by atoms with Crippen molar-refractivity contribution in [3.8, 4) is 0 Å². The summed E-state index contributed by atoms with van der Waals surface area (Å²) in [6.45, 7) is 6.81. The zero-order valence-corrected chi connectivity index (χ0v) is 9.02. The van der Waals surface area contributed by atoms with Crippen LogP contribution >= 0.6 is 0 Å². The van der Waals surface area contributed by atoms with Crippen LogP contribution in [0.1, 0.15) is 6.42 Å². The fraction of sp³-hybridized carbons (Fsp3) is 0.500. The summed E-state index contributed by atoms with van der Waals surface area (Å²) < 4.78 is 9.41.